The van der Waals surface area contributed by atoms with Gasteiger partial charge in [-0.15, -0.1) is 0 Å². The zero-order chi connectivity index (χ0) is 24.4. The molecule has 0 aliphatic heterocycles. The monoisotopic (exact) mass is 461 g/mol. The average molecular weight is 462 g/mol. The summed E-state index contributed by atoms with van der Waals surface area (Å²) in [6, 6.07) is 29.6. The normalized spacial score (nSPS) is 10.9. The molecule has 5 rings (SSSR count). The highest BCUT2D eigenvalue weighted by Crippen LogP contribution is 2.28. The van der Waals surface area contributed by atoms with Gasteiger partial charge in [0.15, 0.2) is 0 Å². The second-order valence-electron chi connectivity index (χ2n) is 8.66. The zero-order valence-corrected chi connectivity index (χ0v) is 20.1. The van der Waals surface area contributed by atoms with Gasteiger partial charge in [-0.1, -0.05) is 60.7 Å². The van der Waals surface area contributed by atoms with Crippen LogP contribution in [0.25, 0.3) is 16.9 Å². The smallest absolute Gasteiger partial charge is 0.259 e. The summed E-state index contributed by atoms with van der Waals surface area (Å²) in [6.45, 7) is 6.67. The Morgan fingerprint density at radius 2 is 1.49 bits per heavy atom. The first-order valence-corrected chi connectivity index (χ1v) is 11.6. The first-order chi connectivity index (χ1) is 17.0. The van der Waals surface area contributed by atoms with E-state index >= 15 is 0 Å². The molecule has 2 aromatic heterocycles. The number of aryl methyl sites for hydroxylation is 2. The van der Waals surface area contributed by atoms with E-state index < -0.39 is 0 Å². The molecule has 0 radical (unpaired) electrons. The van der Waals surface area contributed by atoms with Crippen molar-refractivity contribution in [3.05, 3.63) is 119 Å². The summed E-state index contributed by atoms with van der Waals surface area (Å²) in [4.78, 5) is 13.5. The van der Waals surface area contributed by atoms with E-state index in [9.17, 15) is 4.79 Å². The number of nitrogens with zero attached hydrogens (tertiary/aromatic N) is 4. The molecule has 0 saturated carbocycles. The van der Waals surface area contributed by atoms with Gasteiger partial charge in [0.1, 0.15) is 5.69 Å². The third-order valence-electron chi connectivity index (χ3n) is 6.04. The highest BCUT2D eigenvalue weighted by molar-refractivity contribution is 6.09. The number of hydrogen-bond donors (Lipinski definition) is 1. The Kier molecular flexibility index (Phi) is 6.02. The number of anilines is 1. The van der Waals surface area contributed by atoms with E-state index in [1.165, 1.54) is 0 Å². The summed E-state index contributed by atoms with van der Waals surface area (Å²) in [5, 5.41) is 12.4. The molecule has 0 bridgehead atoms. The number of nitrogens with one attached hydrogen (secondary N) is 1. The minimum Gasteiger partial charge on any atom is -0.322 e. The molecule has 2 heterocycles. The Balaban J connectivity index is 1.44. The molecule has 174 valence electrons. The van der Waals surface area contributed by atoms with Crippen LogP contribution in [0.5, 0.6) is 0 Å². The SMILES string of the molecule is Cc1cc(C)n(Cc2ccc(NC(=O)c3c(-c4ccccc4)nn(-c4ccccc4)c3C)cc2)n1. The Morgan fingerprint density at radius 1 is 0.829 bits per heavy atom. The van der Waals surface area contributed by atoms with E-state index in [1.54, 1.807) is 0 Å². The van der Waals surface area contributed by atoms with Crippen molar-refractivity contribution in [1.29, 1.82) is 0 Å². The Morgan fingerprint density at radius 3 is 2.11 bits per heavy atom. The number of hydrogen-bond acceptors (Lipinski definition) is 3. The fourth-order valence-corrected chi connectivity index (χ4v) is 4.29. The van der Waals surface area contributed by atoms with Gasteiger partial charge in [0.25, 0.3) is 5.91 Å². The van der Waals surface area contributed by atoms with Crippen molar-refractivity contribution in [1.82, 2.24) is 19.6 Å². The Labute approximate surface area is 204 Å². The second-order valence-corrected chi connectivity index (χ2v) is 8.66. The lowest BCUT2D eigenvalue weighted by atomic mass is 10.1. The van der Waals surface area contributed by atoms with Crippen LogP contribution in [0.3, 0.4) is 0 Å². The van der Waals surface area contributed by atoms with Crippen LogP contribution in [-0.2, 0) is 6.54 Å². The van der Waals surface area contributed by atoms with E-state index in [0.29, 0.717) is 17.8 Å². The molecule has 3 aromatic carbocycles. The maximum Gasteiger partial charge on any atom is 0.259 e. The van der Waals surface area contributed by atoms with Crippen LogP contribution in [0.1, 0.15) is 33.0 Å². The lowest BCUT2D eigenvalue weighted by molar-refractivity contribution is 0.102. The summed E-state index contributed by atoms with van der Waals surface area (Å²) in [7, 11) is 0. The third kappa shape index (κ3) is 4.64. The first-order valence-electron chi connectivity index (χ1n) is 11.6. The van der Waals surface area contributed by atoms with Crippen LogP contribution in [-0.4, -0.2) is 25.5 Å². The molecule has 0 spiro atoms. The number of benzene rings is 3. The quantitative estimate of drug-likeness (QED) is 0.339. The number of para-hydroxylation sites is 1. The molecule has 0 unspecified atom stereocenters. The highest BCUT2D eigenvalue weighted by Gasteiger charge is 2.23. The number of aromatic nitrogens is 4. The lowest BCUT2D eigenvalue weighted by Gasteiger charge is -2.09. The van der Waals surface area contributed by atoms with Crippen molar-refractivity contribution in [3.8, 4) is 16.9 Å². The maximum absolute atomic E-state index is 13.5. The molecule has 35 heavy (non-hydrogen) atoms. The summed E-state index contributed by atoms with van der Waals surface area (Å²) >= 11 is 0. The first kappa shape index (κ1) is 22.3. The summed E-state index contributed by atoms with van der Waals surface area (Å²) in [5.41, 5.74) is 7.80. The van der Waals surface area contributed by atoms with Crippen molar-refractivity contribution in [2.45, 2.75) is 27.3 Å². The molecule has 0 aliphatic rings. The summed E-state index contributed by atoms with van der Waals surface area (Å²) in [5.74, 6) is -0.185. The minimum atomic E-state index is -0.185. The second kappa shape index (κ2) is 9.43. The van der Waals surface area contributed by atoms with Gasteiger partial charge < -0.3 is 5.32 Å². The molecule has 5 aromatic rings. The fraction of sp³-hybridized carbons (Fsp3) is 0.138. The van der Waals surface area contributed by atoms with Gasteiger partial charge in [0, 0.05) is 16.9 Å². The minimum absolute atomic E-state index is 0.185. The van der Waals surface area contributed by atoms with Crippen LogP contribution in [0.2, 0.25) is 0 Å². The van der Waals surface area contributed by atoms with E-state index in [4.69, 9.17) is 5.10 Å². The molecule has 6 nitrogen and oxygen atoms in total. The molecule has 0 saturated heterocycles. The van der Waals surface area contributed by atoms with Gasteiger partial charge in [-0.2, -0.15) is 10.2 Å². The van der Waals surface area contributed by atoms with Crippen LogP contribution >= 0.6 is 0 Å². The van der Waals surface area contributed by atoms with Crippen LogP contribution in [0, 0.1) is 20.8 Å². The van der Waals surface area contributed by atoms with Crippen molar-refractivity contribution in [2.24, 2.45) is 0 Å². The number of amides is 1. The van der Waals surface area contributed by atoms with E-state index in [0.717, 1.165) is 39.6 Å². The van der Waals surface area contributed by atoms with Gasteiger partial charge in [0.2, 0.25) is 0 Å². The number of carbonyl (C=O) groups excluding carboxylic acids is 1. The van der Waals surface area contributed by atoms with Gasteiger partial charge >= 0.3 is 0 Å². The Bertz CT molecular complexity index is 1470. The van der Waals surface area contributed by atoms with Gasteiger partial charge in [-0.25, -0.2) is 4.68 Å². The lowest BCUT2D eigenvalue weighted by Crippen LogP contribution is -2.14. The van der Waals surface area contributed by atoms with Gasteiger partial charge in [-0.3, -0.25) is 9.48 Å². The Hall–Kier alpha value is -4.45. The van der Waals surface area contributed by atoms with E-state index in [1.807, 2.05) is 108 Å². The van der Waals surface area contributed by atoms with Gasteiger partial charge in [-0.05, 0) is 56.7 Å². The molecule has 1 N–H and O–H groups in total. The summed E-state index contributed by atoms with van der Waals surface area (Å²) in [6.07, 6.45) is 0. The molecule has 1 amide bonds. The molecular weight excluding hydrogens is 434 g/mol. The zero-order valence-electron chi connectivity index (χ0n) is 20.1. The van der Waals surface area contributed by atoms with Crippen LogP contribution in [0.4, 0.5) is 5.69 Å². The topological polar surface area (TPSA) is 64.7 Å². The third-order valence-corrected chi connectivity index (χ3v) is 6.04. The molecular formula is C29H27N5O. The standard InChI is InChI=1S/C29H27N5O/c1-20-18-21(2)33(31-20)19-23-14-16-25(17-15-23)30-29(35)27-22(3)34(26-12-8-5-9-13-26)32-28(27)24-10-6-4-7-11-24/h4-18H,19H2,1-3H3,(H,30,35). The van der Waals surface area contributed by atoms with E-state index in [-0.39, 0.29) is 5.91 Å². The molecule has 6 heteroatoms. The van der Waals surface area contributed by atoms with Crippen molar-refractivity contribution < 1.29 is 4.79 Å². The van der Waals surface area contributed by atoms with Gasteiger partial charge in [0.05, 0.1) is 29.2 Å². The van der Waals surface area contributed by atoms with E-state index in [2.05, 4.69) is 23.4 Å². The molecule has 0 atom stereocenters. The maximum atomic E-state index is 13.5. The fourth-order valence-electron chi connectivity index (χ4n) is 4.29. The largest absolute Gasteiger partial charge is 0.322 e. The van der Waals surface area contributed by atoms with Crippen LogP contribution < -0.4 is 5.32 Å². The van der Waals surface area contributed by atoms with Crippen LogP contribution in [0.15, 0.2) is 91.0 Å². The summed E-state index contributed by atoms with van der Waals surface area (Å²) < 4.78 is 3.81. The molecule has 0 aliphatic carbocycles. The average Bonchev–Trinajstić information content (AvgIpc) is 3.39. The highest BCUT2D eigenvalue weighted by atomic mass is 16.1. The molecule has 0 fully saturated rings. The number of carbonyl (C=O) groups is 1. The predicted molar refractivity (Wildman–Crippen MR) is 139 cm³/mol. The predicted octanol–water partition coefficient (Wildman–Crippen LogP) is 5.96. The number of rotatable bonds is 6. The van der Waals surface area contributed by atoms with Crippen molar-refractivity contribution in [3.63, 3.8) is 0 Å². The van der Waals surface area contributed by atoms with Crippen molar-refractivity contribution in [2.75, 3.05) is 5.32 Å². The van der Waals surface area contributed by atoms with Crippen molar-refractivity contribution >= 4 is 11.6 Å².